The zero-order chi connectivity index (χ0) is 13.1. The average molecular weight is 259 g/mol. The third kappa shape index (κ3) is 3.31. The van der Waals surface area contributed by atoms with E-state index in [1.807, 2.05) is 32.2 Å². The van der Waals surface area contributed by atoms with Crippen LogP contribution in [-0.2, 0) is 0 Å². The molecule has 0 saturated carbocycles. The molecule has 18 heavy (non-hydrogen) atoms. The maximum Gasteiger partial charge on any atom is 0.103 e. The lowest BCUT2D eigenvalue weighted by Crippen LogP contribution is -2.04. The minimum Gasteiger partial charge on any atom is -0.324 e. The lowest BCUT2D eigenvalue weighted by Gasteiger charge is -2.06. The molecule has 0 bridgehead atoms. The Kier molecular flexibility index (Phi) is 3.99. The molecule has 0 aromatic carbocycles. The van der Waals surface area contributed by atoms with E-state index < -0.39 is 0 Å². The van der Waals surface area contributed by atoms with Gasteiger partial charge in [0.15, 0.2) is 0 Å². The molecule has 0 fully saturated rings. The Bertz CT molecular complexity index is 515. The van der Waals surface area contributed by atoms with Gasteiger partial charge in [-0.05, 0) is 50.1 Å². The first-order valence-corrected chi connectivity index (χ1v) is 6.71. The van der Waals surface area contributed by atoms with Gasteiger partial charge in [0.1, 0.15) is 10.1 Å². The smallest absolute Gasteiger partial charge is 0.103 e. The van der Waals surface area contributed by atoms with Gasteiger partial charge in [-0.25, -0.2) is 9.97 Å². The van der Waals surface area contributed by atoms with Gasteiger partial charge >= 0.3 is 0 Å². The molecule has 1 atom stereocenters. The van der Waals surface area contributed by atoms with Crippen LogP contribution in [0, 0.1) is 13.8 Å². The van der Waals surface area contributed by atoms with Crippen molar-refractivity contribution >= 4 is 11.8 Å². The van der Waals surface area contributed by atoms with Crippen molar-refractivity contribution in [3.05, 3.63) is 47.3 Å². The molecule has 2 rings (SSSR count). The fraction of sp³-hybridized carbons (Fsp3) is 0.286. The monoisotopic (exact) mass is 259 g/mol. The molecule has 0 saturated heterocycles. The summed E-state index contributed by atoms with van der Waals surface area (Å²) < 4.78 is 0. The lowest BCUT2D eigenvalue weighted by molar-refractivity contribution is 0.806. The number of nitrogens with two attached hydrogens (primary N) is 1. The molecule has 0 aliphatic rings. The van der Waals surface area contributed by atoms with Crippen LogP contribution < -0.4 is 5.73 Å². The number of aryl methyl sites for hydroxylation is 2. The van der Waals surface area contributed by atoms with Gasteiger partial charge in [-0.15, -0.1) is 0 Å². The van der Waals surface area contributed by atoms with Gasteiger partial charge in [-0.3, -0.25) is 0 Å². The van der Waals surface area contributed by atoms with E-state index in [-0.39, 0.29) is 6.04 Å². The summed E-state index contributed by atoms with van der Waals surface area (Å²) in [6, 6.07) is 8.16. The van der Waals surface area contributed by atoms with Crippen molar-refractivity contribution in [3.8, 4) is 0 Å². The predicted molar refractivity (Wildman–Crippen MR) is 74.7 cm³/mol. The van der Waals surface area contributed by atoms with E-state index in [9.17, 15) is 0 Å². The van der Waals surface area contributed by atoms with Crippen LogP contribution in [0.5, 0.6) is 0 Å². The van der Waals surface area contributed by atoms with E-state index in [4.69, 9.17) is 5.73 Å². The van der Waals surface area contributed by atoms with Crippen molar-refractivity contribution in [3.63, 3.8) is 0 Å². The number of aromatic nitrogens is 2. The van der Waals surface area contributed by atoms with Crippen LogP contribution in [0.3, 0.4) is 0 Å². The second-order valence-corrected chi connectivity index (χ2v) is 5.49. The molecule has 0 radical (unpaired) electrons. The summed E-state index contributed by atoms with van der Waals surface area (Å²) in [6.07, 6.45) is 1.83. The summed E-state index contributed by atoms with van der Waals surface area (Å²) in [5.41, 5.74) is 9.10. The fourth-order valence-corrected chi connectivity index (χ4v) is 2.58. The Morgan fingerprint density at radius 2 is 1.94 bits per heavy atom. The molecule has 2 N–H and O–H groups in total. The van der Waals surface area contributed by atoms with Crippen molar-refractivity contribution in [1.82, 2.24) is 9.97 Å². The van der Waals surface area contributed by atoms with Crippen LogP contribution in [0.25, 0.3) is 0 Å². The Balaban J connectivity index is 2.18. The van der Waals surface area contributed by atoms with E-state index in [1.54, 1.807) is 11.8 Å². The number of hydrogen-bond acceptors (Lipinski definition) is 4. The molecule has 0 aliphatic carbocycles. The molecule has 0 amide bonds. The summed E-state index contributed by atoms with van der Waals surface area (Å²) >= 11 is 1.57. The maximum atomic E-state index is 5.80. The highest BCUT2D eigenvalue weighted by Gasteiger charge is 2.04. The van der Waals surface area contributed by atoms with E-state index in [0.29, 0.717) is 0 Å². The van der Waals surface area contributed by atoms with Crippen LogP contribution >= 0.6 is 11.8 Å². The molecule has 2 aromatic heterocycles. The number of nitrogens with zero attached hydrogens (tertiary/aromatic N) is 2. The number of hydrogen-bond donors (Lipinski definition) is 1. The van der Waals surface area contributed by atoms with E-state index in [1.165, 1.54) is 5.56 Å². The van der Waals surface area contributed by atoms with Crippen LogP contribution in [0.2, 0.25) is 0 Å². The quantitative estimate of drug-likeness (QED) is 0.919. The van der Waals surface area contributed by atoms with Gasteiger partial charge in [-0.1, -0.05) is 17.8 Å². The van der Waals surface area contributed by atoms with Crippen molar-refractivity contribution in [2.24, 2.45) is 5.73 Å². The third-order valence-corrected chi connectivity index (χ3v) is 3.44. The highest BCUT2D eigenvalue weighted by Crippen LogP contribution is 2.25. The molecule has 4 heteroatoms. The van der Waals surface area contributed by atoms with E-state index in [0.717, 1.165) is 21.3 Å². The summed E-state index contributed by atoms with van der Waals surface area (Å²) in [5.74, 6) is 0. The summed E-state index contributed by atoms with van der Waals surface area (Å²) in [5, 5.41) is 1.92. The maximum absolute atomic E-state index is 5.80. The van der Waals surface area contributed by atoms with Gasteiger partial charge < -0.3 is 5.73 Å². The second kappa shape index (κ2) is 5.50. The Labute approximate surface area is 112 Å². The van der Waals surface area contributed by atoms with Gasteiger partial charge in [0.25, 0.3) is 0 Å². The van der Waals surface area contributed by atoms with E-state index >= 15 is 0 Å². The van der Waals surface area contributed by atoms with Gasteiger partial charge in [0, 0.05) is 17.9 Å². The number of rotatable bonds is 3. The molecular weight excluding hydrogens is 242 g/mol. The van der Waals surface area contributed by atoms with Crippen LogP contribution in [0.1, 0.15) is 29.8 Å². The fourth-order valence-electron chi connectivity index (χ4n) is 1.69. The summed E-state index contributed by atoms with van der Waals surface area (Å²) in [7, 11) is 0. The first kappa shape index (κ1) is 13.1. The van der Waals surface area contributed by atoms with Crippen molar-refractivity contribution in [2.75, 3.05) is 0 Å². The SMILES string of the molecule is Cc1cc(C)nc(Sc2ccc([C@H](C)N)cn2)c1. The topological polar surface area (TPSA) is 51.8 Å². The van der Waals surface area contributed by atoms with Crippen molar-refractivity contribution in [2.45, 2.75) is 36.9 Å². The minimum atomic E-state index is 0.0240. The number of pyridine rings is 2. The Morgan fingerprint density at radius 3 is 2.50 bits per heavy atom. The normalized spacial score (nSPS) is 12.4. The molecule has 3 nitrogen and oxygen atoms in total. The minimum absolute atomic E-state index is 0.0240. The zero-order valence-electron chi connectivity index (χ0n) is 10.8. The van der Waals surface area contributed by atoms with Gasteiger partial charge in [0.05, 0.1) is 0 Å². The standard InChI is InChI=1S/C14H17N3S/c1-9-6-10(2)17-14(7-9)18-13-5-4-12(8-16-13)11(3)15/h4-8,11H,15H2,1-3H3/t11-/m0/s1. The average Bonchev–Trinajstić information content (AvgIpc) is 2.28. The molecule has 0 unspecified atom stereocenters. The first-order valence-electron chi connectivity index (χ1n) is 5.89. The summed E-state index contributed by atoms with van der Waals surface area (Å²) in [4.78, 5) is 8.88. The lowest BCUT2D eigenvalue weighted by atomic mass is 10.2. The Hall–Kier alpha value is -1.39. The highest BCUT2D eigenvalue weighted by molar-refractivity contribution is 7.99. The molecule has 2 aromatic rings. The molecule has 0 spiro atoms. The molecule has 0 aliphatic heterocycles. The van der Waals surface area contributed by atoms with Crippen LogP contribution in [0.15, 0.2) is 40.5 Å². The molecule has 94 valence electrons. The second-order valence-electron chi connectivity index (χ2n) is 4.44. The van der Waals surface area contributed by atoms with Crippen LogP contribution in [-0.4, -0.2) is 9.97 Å². The first-order chi connectivity index (χ1) is 8.54. The highest BCUT2D eigenvalue weighted by atomic mass is 32.2. The van der Waals surface area contributed by atoms with Gasteiger partial charge in [0.2, 0.25) is 0 Å². The molecule has 2 heterocycles. The van der Waals surface area contributed by atoms with Gasteiger partial charge in [-0.2, -0.15) is 0 Å². The van der Waals surface area contributed by atoms with Crippen LogP contribution in [0.4, 0.5) is 0 Å². The zero-order valence-corrected chi connectivity index (χ0v) is 11.7. The predicted octanol–water partition coefficient (Wildman–Crippen LogP) is 3.26. The Morgan fingerprint density at radius 1 is 1.17 bits per heavy atom. The van der Waals surface area contributed by atoms with Crippen molar-refractivity contribution < 1.29 is 0 Å². The van der Waals surface area contributed by atoms with E-state index in [2.05, 4.69) is 29.0 Å². The largest absolute Gasteiger partial charge is 0.324 e. The van der Waals surface area contributed by atoms with Crippen molar-refractivity contribution in [1.29, 1.82) is 0 Å². The summed E-state index contributed by atoms with van der Waals surface area (Å²) in [6.45, 7) is 6.03. The molecular formula is C14H17N3S. The third-order valence-electron chi connectivity index (χ3n) is 2.57.